The Morgan fingerprint density at radius 3 is 1.83 bits per heavy atom. The number of unbranched alkanes of at least 4 members (excludes halogenated alkanes) is 9. The lowest BCUT2D eigenvalue weighted by atomic mass is 9.88. The van der Waals surface area contributed by atoms with Gasteiger partial charge in [-0.05, 0) is 18.4 Å². The fraction of sp³-hybridized carbons (Fsp3) is 0.650. The van der Waals surface area contributed by atoms with E-state index in [0.717, 1.165) is 19.3 Å². The second-order valence-electron chi connectivity index (χ2n) is 6.46. The third kappa shape index (κ3) is 7.17. The molecule has 1 aromatic rings. The van der Waals surface area contributed by atoms with Gasteiger partial charge in [0.05, 0.1) is 0 Å². The Morgan fingerprint density at radius 1 is 0.870 bits per heavy atom. The van der Waals surface area contributed by atoms with Crippen molar-refractivity contribution in [3.63, 3.8) is 0 Å². The minimum Gasteiger partial charge on any atom is -0.479 e. The van der Waals surface area contributed by atoms with Crippen molar-refractivity contribution in [1.82, 2.24) is 0 Å². The number of carboxylic acid groups (broad SMARTS) is 1. The summed E-state index contributed by atoms with van der Waals surface area (Å²) in [7, 11) is 0. The molecule has 23 heavy (non-hydrogen) atoms. The summed E-state index contributed by atoms with van der Waals surface area (Å²) in [5.74, 6) is -1.15. The molecule has 2 N–H and O–H groups in total. The highest BCUT2D eigenvalue weighted by Crippen LogP contribution is 2.28. The van der Waals surface area contributed by atoms with Gasteiger partial charge in [-0.15, -0.1) is 0 Å². The molecular formula is C20H32O3. The molecule has 0 aliphatic heterocycles. The van der Waals surface area contributed by atoms with Crippen LogP contribution in [0.15, 0.2) is 30.3 Å². The molecule has 0 heterocycles. The molecule has 0 aliphatic carbocycles. The van der Waals surface area contributed by atoms with Crippen LogP contribution in [0.4, 0.5) is 0 Å². The van der Waals surface area contributed by atoms with Crippen molar-refractivity contribution in [2.45, 2.75) is 83.2 Å². The molecule has 1 atom stereocenters. The van der Waals surface area contributed by atoms with Crippen LogP contribution >= 0.6 is 0 Å². The third-order valence-corrected chi connectivity index (χ3v) is 4.50. The zero-order valence-electron chi connectivity index (χ0n) is 14.5. The zero-order valence-corrected chi connectivity index (χ0v) is 14.5. The van der Waals surface area contributed by atoms with Crippen LogP contribution in [-0.4, -0.2) is 16.2 Å². The third-order valence-electron chi connectivity index (χ3n) is 4.50. The van der Waals surface area contributed by atoms with Gasteiger partial charge in [0.25, 0.3) is 0 Å². The Morgan fingerprint density at radius 2 is 1.35 bits per heavy atom. The second kappa shape index (κ2) is 11.2. The smallest absolute Gasteiger partial charge is 0.340 e. The van der Waals surface area contributed by atoms with Crippen molar-refractivity contribution in [2.75, 3.05) is 0 Å². The van der Waals surface area contributed by atoms with E-state index >= 15 is 0 Å². The predicted octanol–water partition coefficient (Wildman–Crippen LogP) is 5.27. The van der Waals surface area contributed by atoms with Crippen molar-refractivity contribution < 1.29 is 15.0 Å². The molecular weight excluding hydrogens is 288 g/mol. The van der Waals surface area contributed by atoms with Gasteiger partial charge in [-0.1, -0.05) is 95.0 Å². The van der Waals surface area contributed by atoms with Crippen LogP contribution in [0.2, 0.25) is 0 Å². The highest BCUT2D eigenvalue weighted by molar-refractivity contribution is 5.79. The number of aliphatic carboxylic acids is 1. The molecule has 1 aromatic carbocycles. The van der Waals surface area contributed by atoms with Crippen LogP contribution < -0.4 is 0 Å². The molecule has 0 saturated carbocycles. The molecule has 0 aliphatic rings. The van der Waals surface area contributed by atoms with Crippen LogP contribution in [0.1, 0.15) is 83.1 Å². The molecule has 1 unspecified atom stereocenters. The molecule has 130 valence electrons. The lowest BCUT2D eigenvalue weighted by Gasteiger charge is -2.23. The fourth-order valence-electron chi connectivity index (χ4n) is 2.96. The quantitative estimate of drug-likeness (QED) is 0.487. The molecule has 3 heteroatoms. The number of hydrogen-bond acceptors (Lipinski definition) is 2. The maximum Gasteiger partial charge on any atom is 0.340 e. The molecule has 0 radical (unpaired) electrons. The van der Waals surface area contributed by atoms with Crippen LogP contribution in [0, 0.1) is 0 Å². The van der Waals surface area contributed by atoms with Gasteiger partial charge in [-0.2, -0.15) is 0 Å². The minimum absolute atomic E-state index is 0.281. The van der Waals surface area contributed by atoms with Crippen LogP contribution in [-0.2, 0) is 10.4 Å². The Balaban J connectivity index is 2.21. The monoisotopic (exact) mass is 320 g/mol. The van der Waals surface area contributed by atoms with E-state index in [1.54, 1.807) is 24.3 Å². The summed E-state index contributed by atoms with van der Waals surface area (Å²) in [6, 6.07) is 8.73. The van der Waals surface area contributed by atoms with Gasteiger partial charge in [0, 0.05) is 0 Å². The first kappa shape index (κ1) is 19.7. The number of aliphatic hydroxyl groups is 1. The van der Waals surface area contributed by atoms with E-state index in [2.05, 4.69) is 6.92 Å². The van der Waals surface area contributed by atoms with Crippen molar-refractivity contribution in [3.8, 4) is 0 Å². The predicted molar refractivity (Wildman–Crippen MR) is 94.4 cm³/mol. The number of carboxylic acids is 1. The first-order chi connectivity index (χ1) is 11.1. The molecule has 0 spiro atoms. The van der Waals surface area contributed by atoms with E-state index in [1.807, 2.05) is 6.07 Å². The van der Waals surface area contributed by atoms with Gasteiger partial charge >= 0.3 is 5.97 Å². The van der Waals surface area contributed by atoms with Gasteiger partial charge < -0.3 is 10.2 Å². The lowest BCUT2D eigenvalue weighted by Crippen LogP contribution is -2.35. The van der Waals surface area contributed by atoms with E-state index in [1.165, 1.54) is 44.9 Å². The summed E-state index contributed by atoms with van der Waals surface area (Å²) >= 11 is 0. The van der Waals surface area contributed by atoms with Gasteiger partial charge in [0.1, 0.15) is 0 Å². The largest absolute Gasteiger partial charge is 0.479 e. The van der Waals surface area contributed by atoms with E-state index in [9.17, 15) is 15.0 Å². The zero-order chi connectivity index (χ0) is 17.0. The van der Waals surface area contributed by atoms with Gasteiger partial charge in [-0.3, -0.25) is 0 Å². The fourth-order valence-corrected chi connectivity index (χ4v) is 2.96. The number of rotatable bonds is 13. The van der Waals surface area contributed by atoms with E-state index in [0.29, 0.717) is 5.56 Å². The van der Waals surface area contributed by atoms with Crippen molar-refractivity contribution in [2.24, 2.45) is 0 Å². The maximum absolute atomic E-state index is 11.5. The summed E-state index contributed by atoms with van der Waals surface area (Å²) in [5, 5.41) is 19.9. The van der Waals surface area contributed by atoms with E-state index in [4.69, 9.17) is 0 Å². The van der Waals surface area contributed by atoms with Gasteiger partial charge in [0.2, 0.25) is 0 Å². The average molecular weight is 320 g/mol. The highest BCUT2D eigenvalue weighted by atomic mass is 16.4. The Hall–Kier alpha value is -1.35. The summed E-state index contributed by atoms with van der Waals surface area (Å²) in [6.07, 6.45) is 12.2. The van der Waals surface area contributed by atoms with E-state index in [-0.39, 0.29) is 6.42 Å². The highest BCUT2D eigenvalue weighted by Gasteiger charge is 2.37. The summed E-state index contributed by atoms with van der Waals surface area (Å²) in [6.45, 7) is 2.23. The second-order valence-corrected chi connectivity index (χ2v) is 6.46. The maximum atomic E-state index is 11.5. The summed E-state index contributed by atoms with van der Waals surface area (Å²) in [5.41, 5.74) is -1.27. The molecule has 0 bridgehead atoms. The molecule has 1 rings (SSSR count). The molecule has 0 amide bonds. The van der Waals surface area contributed by atoms with Crippen LogP contribution in [0.3, 0.4) is 0 Å². The van der Waals surface area contributed by atoms with Crippen molar-refractivity contribution in [3.05, 3.63) is 35.9 Å². The standard InChI is InChI=1S/C20H32O3/c1-2-3-4-5-6-7-8-9-10-14-17-20(23,19(21)22)18-15-12-11-13-16-18/h11-13,15-16,23H,2-10,14,17H2,1H3,(H,21,22). The molecule has 3 nitrogen and oxygen atoms in total. The van der Waals surface area contributed by atoms with Crippen LogP contribution in [0.25, 0.3) is 0 Å². The van der Waals surface area contributed by atoms with Gasteiger partial charge in [-0.25, -0.2) is 4.79 Å². The molecule has 0 aromatic heterocycles. The Bertz CT molecular complexity index is 430. The minimum atomic E-state index is -1.75. The number of carbonyl (C=O) groups is 1. The normalized spacial score (nSPS) is 13.7. The Labute approximate surface area is 140 Å². The van der Waals surface area contributed by atoms with E-state index < -0.39 is 11.6 Å². The first-order valence-corrected chi connectivity index (χ1v) is 9.12. The average Bonchev–Trinajstić information content (AvgIpc) is 2.57. The lowest BCUT2D eigenvalue weighted by molar-refractivity contribution is -0.160. The Kier molecular flexibility index (Phi) is 9.61. The van der Waals surface area contributed by atoms with Crippen molar-refractivity contribution >= 4 is 5.97 Å². The molecule has 0 fully saturated rings. The molecule has 0 saturated heterocycles. The van der Waals surface area contributed by atoms with Crippen LogP contribution in [0.5, 0.6) is 0 Å². The summed E-state index contributed by atoms with van der Waals surface area (Å²) in [4.78, 5) is 11.5. The number of hydrogen-bond donors (Lipinski definition) is 2. The van der Waals surface area contributed by atoms with Crippen molar-refractivity contribution in [1.29, 1.82) is 0 Å². The number of benzene rings is 1. The topological polar surface area (TPSA) is 57.5 Å². The van der Waals surface area contributed by atoms with Gasteiger partial charge in [0.15, 0.2) is 5.60 Å². The SMILES string of the molecule is CCCCCCCCCCCCC(O)(C(=O)O)c1ccccc1. The first-order valence-electron chi connectivity index (χ1n) is 9.12. The summed E-state index contributed by atoms with van der Waals surface area (Å²) < 4.78 is 0.